The van der Waals surface area contributed by atoms with Crippen LogP contribution in [0.4, 0.5) is 5.82 Å². The van der Waals surface area contributed by atoms with Crippen molar-refractivity contribution < 1.29 is 19.7 Å². The summed E-state index contributed by atoms with van der Waals surface area (Å²) < 4.78 is 6.59. The second-order valence-electron chi connectivity index (χ2n) is 4.26. The molecule has 1 aliphatic heterocycles. The number of carbonyl (C=O) groups excluding carboxylic acids is 1. The number of hydrogen-bond acceptors (Lipinski definition) is 8. The van der Waals surface area contributed by atoms with Crippen molar-refractivity contribution in [2.24, 2.45) is 0 Å². The fourth-order valence-electron chi connectivity index (χ4n) is 2.06. The van der Waals surface area contributed by atoms with Crippen LogP contribution in [0.25, 0.3) is 11.2 Å². The molecule has 1 fully saturated rings. The van der Waals surface area contributed by atoms with Gasteiger partial charge in [0.05, 0.1) is 12.9 Å². The Labute approximate surface area is 117 Å². The Morgan fingerprint density at radius 1 is 1.50 bits per heavy atom. The average molecular weight is 300 g/mol. The second kappa shape index (κ2) is 4.63. The molecule has 1 aliphatic rings. The lowest BCUT2D eigenvalue weighted by Gasteiger charge is -2.12. The van der Waals surface area contributed by atoms with Crippen molar-refractivity contribution in [1.29, 1.82) is 0 Å². The molecule has 3 unspecified atom stereocenters. The van der Waals surface area contributed by atoms with E-state index in [9.17, 15) is 9.90 Å². The van der Waals surface area contributed by atoms with Gasteiger partial charge in [-0.25, -0.2) is 4.98 Å². The number of rotatable bonds is 2. The highest BCUT2D eigenvalue weighted by atomic mass is 35.5. The van der Waals surface area contributed by atoms with Crippen molar-refractivity contribution in [3.63, 3.8) is 0 Å². The van der Waals surface area contributed by atoms with Crippen LogP contribution in [0.3, 0.4) is 0 Å². The molecule has 3 atom stereocenters. The molecule has 106 valence electrons. The standard InChI is InChI=1S/C10H10ClN5O4/c11-10-14-7(12)4-8(15-10)16(2-13-4)9-6(19)5(18)3(1-17)20-9/h2-3,5,9,17-18H,1H2,(H2,12,14,15). The second-order valence-corrected chi connectivity index (χ2v) is 4.60. The Morgan fingerprint density at radius 2 is 2.25 bits per heavy atom. The number of Topliss-reactive ketones (excluding diaryl/α,β-unsaturated/α-hetero) is 1. The molecule has 0 bridgehead atoms. The van der Waals surface area contributed by atoms with E-state index in [1.165, 1.54) is 10.9 Å². The molecule has 2 aromatic heterocycles. The zero-order chi connectivity index (χ0) is 14.4. The number of ketones is 1. The molecule has 0 aromatic carbocycles. The highest BCUT2D eigenvalue weighted by Crippen LogP contribution is 2.29. The number of halogens is 1. The maximum atomic E-state index is 11.9. The quantitative estimate of drug-likeness (QED) is 0.593. The van der Waals surface area contributed by atoms with E-state index in [0.29, 0.717) is 0 Å². The number of nitrogens with zero attached hydrogens (tertiary/aromatic N) is 4. The minimum atomic E-state index is -1.41. The number of hydrogen-bond donors (Lipinski definition) is 3. The first-order valence-electron chi connectivity index (χ1n) is 5.66. The number of anilines is 1. The molecule has 1 saturated heterocycles. The number of aliphatic hydroxyl groups excluding tert-OH is 2. The first-order chi connectivity index (χ1) is 9.52. The smallest absolute Gasteiger partial charge is 0.226 e. The van der Waals surface area contributed by atoms with Gasteiger partial charge in [-0.2, -0.15) is 9.97 Å². The van der Waals surface area contributed by atoms with Crippen LogP contribution < -0.4 is 5.73 Å². The molecule has 4 N–H and O–H groups in total. The van der Waals surface area contributed by atoms with Crippen molar-refractivity contribution in [2.45, 2.75) is 18.4 Å². The van der Waals surface area contributed by atoms with E-state index in [2.05, 4.69) is 15.0 Å². The van der Waals surface area contributed by atoms with Crippen LogP contribution >= 0.6 is 11.6 Å². The molecule has 10 heteroatoms. The van der Waals surface area contributed by atoms with E-state index < -0.39 is 30.8 Å². The lowest BCUT2D eigenvalue weighted by Crippen LogP contribution is -2.29. The Morgan fingerprint density at radius 3 is 2.90 bits per heavy atom. The number of aliphatic hydroxyl groups is 2. The van der Waals surface area contributed by atoms with E-state index >= 15 is 0 Å². The number of fused-ring (bicyclic) bond motifs is 1. The molecule has 0 saturated carbocycles. The maximum Gasteiger partial charge on any atom is 0.226 e. The maximum absolute atomic E-state index is 11.9. The lowest BCUT2D eigenvalue weighted by atomic mass is 10.2. The molecule has 20 heavy (non-hydrogen) atoms. The van der Waals surface area contributed by atoms with Crippen LogP contribution in [-0.4, -0.2) is 54.3 Å². The Hall–Kier alpha value is -1.81. The molecule has 0 spiro atoms. The minimum Gasteiger partial charge on any atom is -0.394 e. The number of nitrogen functional groups attached to an aromatic ring is 1. The van der Waals surface area contributed by atoms with Crippen molar-refractivity contribution >= 4 is 34.4 Å². The topological polar surface area (TPSA) is 136 Å². The van der Waals surface area contributed by atoms with Gasteiger partial charge in [0.1, 0.15) is 17.7 Å². The van der Waals surface area contributed by atoms with Gasteiger partial charge in [-0.15, -0.1) is 0 Å². The molecule has 2 aromatic rings. The number of carbonyl (C=O) groups is 1. The predicted molar refractivity (Wildman–Crippen MR) is 66.8 cm³/mol. The van der Waals surface area contributed by atoms with Crippen LogP contribution in [0.5, 0.6) is 0 Å². The number of aromatic nitrogens is 4. The molecular formula is C10H10ClN5O4. The molecule has 3 heterocycles. The summed E-state index contributed by atoms with van der Waals surface area (Å²) >= 11 is 5.72. The molecule has 0 amide bonds. The van der Waals surface area contributed by atoms with Crippen LogP contribution in [0.15, 0.2) is 6.33 Å². The third-order valence-electron chi connectivity index (χ3n) is 3.04. The van der Waals surface area contributed by atoms with Crippen molar-refractivity contribution in [1.82, 2.24) is 19.5 Å². The van der Waals surface area contributed by atoms with E-state index in [1.54, 1.807) is 0 Å². The number of ether oxygens (including phenoxy) is 1. The van der Waals surface area contributed by atoms with Gasteiger partial charge < -0.3 is 20.7 Å². The first kappa shape index (κ1) is 13.2. The molecule has 0 aliphatic carbocycles. The monoisotopic (exact) mass is 299 g/mol. The van der Waals surface area contributed by atoms with Gasteiger partial charge in [-0.3, -0.25) is 9.36 Å². The summed E-state index contributed by atoms with van der Waals surface area (Å²) in [7, 11) is 0. The van der Waals surface area contributed by atoms with Gasteiger partial charge in [-0.05, 0) is 11.6 Å². The number of imidazole rings is 1. The van der Waals surface area contributed by atoms with Crippen molar-refractivity contribution in [3.8, 4) is 0 Å². The normalized spacial score (nSPS) is 26.6. The summed E-state index contributed by atoms with van der Waals surface area (Å²) in [6.45, 7) is -0.478. The van der Waals surface area contributed by atoms with E-state index in [0.717, 1.165) is 0 Å². The van der Waals surface area contributed by atoms with Crippen LogP contribution in [0, 0.1) is 0 Å². The minimum absolute atomic E-state index is 0.0726. The van der Waals surface area contributed by atoms with Crippen molar-refractivity contribution in [3.05, 3.63) is 11.6 Å². The fraction of sp³-hybridized carbons (Fsp3) is 0.400. The zero-order valence-corrected chi connectivity index (χ0v) is 10.7. The lowest BCUT2D eigenvalue weighted by molar-refractivity contribution is -0.130. The van der Waals surface area contributed by atoms with E-state index in [1.807, 2.05) is 0 Å². The fourth-order valence-corrected chi connectivity index (χ4v) is 2.24. The van der Waals surface area contributed by atoms with E-state index in [-0.39, 0.29) is 22.3 Å². The molecular weight excluding hydrogens is 290 g/mol. The van der Waals surface area contributed by atoms with Crippen LogP contribution in [0.1, 0.15) is 6.23 Å². The first-order valence-corrected chi connectivity index (χ1v) is 6.04. The van der Waals surface area contributed by atoms with Crippen LogP contribution in [-0.2, 0) is 9.53 Å². The highest BCUT2D eigenvalue weighted by molar-refractivity contribution is 6.28. The SMILES string of the molecule is Nc1nc(Cl)nc2c1ncn2C1OC(CO)C(O)C1=O. The molecule has 9 nitrogen and oxygen atoms in total. The summed E-state index contributed by atoms with van der Waals surface area (Å²) in [6.07, 6.45) is -2.24. The van der Waals surface area contributed by atoms with Gasteiger partial charge in [0.2, 0.25) is 11.1 Å². The third kappa shape index (κ3) is 1.83. The van der Waals surface area contributed by atoms with Gasteiger partial charge in [0, 0.05) is 0 Å². The molecule has 0 radical (unpaired) electrons. The zero-order valence-electron chi connectivity index (χ0n) is 9.97. The summed E-state index contributed by atoms with van der Waals surface area (Å²) in [4.78, 5) is 23.6. The summed E-state index contributed by atoms with van der Waals surface area (Å²) in [5.41, 5.74) is 6.14. The van der Waals surface area contributed by atoms with Gasteiger partial charge in [0.15, 0.2) is 17.7 Å². The van der Waals surface area contributed by atoms with E-state index in [4.69, 9.17) is 27.2 Å². The highest BCUT2D eigenvalue weighted by Gasteiger charge is 2.43. The Kier molecular flexibility index (Phi) is 3.05. The summed E-state index contributed by atoms with van der Waals surface area (Å²) in [5, 5.41) is 18.6. The van der Waals surface area contributed by atoms with Crippen LogP contribution in [0.2, 0.25) is 5.28 Å². The Balaban J connectivity index is 2.09. The molecule has 3 rings (SSSR count). The van der Waals surface area contributed by atoms with Gasteiger partial charge in [-0.1, -0.05) is 0 Å². The van der Waals surface area contributed by atoms with Crippen molar-refractivity contribution in [2.75, 3.05) is 12.3 Å². The predicted octanol–water partition coefficient (Wildman–Crippen LogP) is -1.12. The van der Waals surface area contributed by atoms with Gasteiger partial charge in [0.25, 0.3) is 0 Å². The summed E-state index contributed by atoms with van der Waals surface area (Å²) in [6, 6.07) is 0. The van der Waals surface area contributed by atoms with Gasteiger partial charge >= 0.3 is 0 Å². The largest absolute Gasteiger partial charge is 0.394 e. The number of nitrogens with two attached hydrogens (primary N) is 1. The average Bonchev–Trinajstić information content (AvgIpc) is 2.93. The summed E-state index contributed by atoms with van der Waals surface area (Å²) in [5.74, 6) is -0.528. The third-order valence-corrected chi connectivity index (χ3v) is 3.21. The Bertz CT molecular complexity index is 690.